The van der Waals surface area contributed by atoms with Crippen molar-refractivity contribution in [2.24, 2.45) is 22.9 Å². The smallest absolute Gasteiger partial charge is 0.337 e. The molecule has 6 atom stereocenters. The van der Waals surface area contributed by atoms with Crippen molar-refractivity contribution in [3.8, 4) is 5.75 Å². The summed E-state index contributed by atoms with van der Waals surface area (Å²) in [6.45, 7) is 13.5. The highest BCUT2D eigenvalue weighted by atomic mass is 35.5. The maximum absolute atomic E-state index is 12.7. The lowest BCUT2D eigenvalue weighted by Crippen LogP contribution is -2.55. The van der Waals surface area contributed by atoms with Gasteiger partial charge < -0.3 is 18.8 Å². The number of ether oxygens (including phenoxy) is 2. The molecule has 2 aromatic carbocycles. The molecule has 8 nitrogen and oxygen atoms in total. The molecule has 0 bridgehead atoms. The summed E-state index contributed by atoms with van der Waals surface area (Å²) in [6, 6.07) is 11.9. The van der Waals surface area contributed by atoms with Gasteiger partial charge in [0, 0.05) is 23.5 Å². The number of nitrogens with two attached hydrogens (primary N) is 1. The van der Waals surface area contributed by atoms with Crippen LogP contribution in [0, 0.1) is 17.8 Å². The van der Waals surface area contributed by atoms with Gasteiger partial charge in [-0.05, 0) is 129 Å². The lowest BCUT2D eigenvalue weighted by molar-refractivity contribution is -0.0227. The van der Waals surface area contributed by atoms with Crippen molar-refractivity contribution >= 4 is 41.6 Å². The van der Waals surface area contributed by atoms with E-state index in [1.54, 1.807) is 6.07 Å². The van der Waals surface area contributed by atoms with Gasteiger partial charge in [-0.2, -0.15) is 0 Å². The quantitative estimate of drug-likeness (QED) is 0.218. The normalized spacial score (nSPS) is 28.0. The lowest BCUT2D eigenvalue weighted by Gasteiger charge is -2.52. The van der Waals surface area contributed by atoms with E-state index < -0.39 is 23.6 Å². The van der Waals surface area contributed by atoms with E-state index in [1.165, 1.54) is 18.2 Å². The molecule has 1 aliphatic heterocycles. The summed E-state index contributed by atoms with van der Waals surface area (Å²) in [5.41, 5.74) is 3.78. The Labute approximate surface area is 299 Å². The monoisotopic (exact) mass is 730 g/mol. The number of halogens is 1. The standard InChI is InChI=1S/C38H55ClN2O6SSi/c1-37(2,3)49(5,6)47-35(26-9-7-11-30(20-26)48(40,43)44)31-15-12-28(31)22-41-23-38(18-8-10-25-19-29(39)14-16-32(25)38)24-46-34-17-13-27(21-33(34)41)36(42)45-4/h13-14,16-17,19,21,26,28,30-31,35H,7-12,15,18,20,22-24H2,1-6H3,(H2,40,43,44)/t26-,28+,30-,31-,35-,38+/m1/s1. The summed E-state index contributed by atoms with van der Waals surface area (Å²) in [6.07, 6.45) is 8.12. The zero-order valence-electron chi connectivity index (χ0n) is 30.1. The molecule has 0 unspecified atom stereocenters. The number of benzene rings is 2. The highest BCUT2D eigenvalue weighted by Crippen LogP contribution is 2.50. The van der Waals surface area contributed by atoms with Gasteiger partial charge in [0.05, 0.1) is 36.3 Å². The molecule has 2 saturated carbocycles. The third-order valence-corrected chi connectivity index (χ3v) is 18.7. The van der Waals surface area contributed by atoms with Gasteiger partial charge >= 0.3 is 5.97 Å². The van der Waals surface area contributed by atoms with Crippen LogP contribution >= 0.6 is 11.6 Å². The Morgan fingerprint density at radius 2 is 1.90 bits per heavy atom. The number of hydrogen-bond acceptors (Lipinski definition) is 7. The van der Waals surface area contributed by atoms with Crippen LogP contribution in [-0.4, -0.2) is 60.9 Å². The van der Waals surface area contributed by atoms with Crippen molar-refractivity contribution in [3.05, 3.63) is 58.1 Å². The van der Waals surface area contributed by atoms with E-state index in [4.69, 9.17) is 30.6 Å². The van der Waals surface area contributed by atoms with Crippen molar-refractivity contribution in [2.75, 3.05) is 31.7 Å². The Morgan fingerprint density at radius 1 is 1.12 bits per heavy atom. The number of rotatable bonds is 8. The second-order valence-electron chi connectivity index (χ2n) is 16.8. The van der Waals surface area contributed by atoms with Gasteiger partial charge in [0.1, 0.15) is 5.75 Å². The number of carbonyl (C=O) groups is 1. The Balaban J connectivity index is 1.36. The predicted octanol–water partition coefficient (Wildman–Crippen LogP) is 7.86. The molecular weight excluding hydrogens is 676 g/mol. The molecule has 0 amide bonds. The fraction of sp³-hybridized carbons (Fsp3) is 0.658. The first-order chi connectivity index (χ1) is 23.0. The Morgan fingerprint density at radius 3 is 2.57 bits per heavy atom. The highest BCUT2D eigenvalue weighted by molar-refractivity contribution is 7.89. The second kappa shape index (κ2) is 13.8. The summed E-state index contributed by atoms with van der Waals surface area (Å²) in [4.78, 5) is 15.2. The Kier molecular flexibility index (Phi) is 10.3. The van der Waals surface area contributed by atoms with Crippen LogP contribution in [0.3, 0.4) is 0 Å². The molecule has 0 radical (unpaired) electrons. The summed E-state index contributed by atoms with van der Waals surface area (Å²) < 4.78 is 44.3. The highest BCUT2D eigenvalue weighted by Gasteiger charge is 2.50. The van der Waals surface area contributed by atoms with Crippen LogP contribution < -0.4 is 14.8 Å². The van der Waals surface area contributed by atoms with Crippen LogP contribution in [0.5, 0.6) is 5.75 Å². The van der Waals surface area contributed by atoms with Crippen LogP contribution in [0.25, 0.3) is 0 Å². The summed E-state index contributed by atoms with van der Waals surface area (Å²) >= 11 is 6.48. The molecule has 6 rings (SSSR count). The molecule has 2 fully saturated rings. The molecule has 1 spiro atoms. The first-order valence-corrected chi connectivity index (χ1v) is 23.0. The first kappa shape index (κ1) is 36.7. The molecule has 2 N–H and O–H groups in total. The van der Waals surface area contributed by atoms with Crippen LogP contribution in [0.4, 0.5) is 5.69 Å². The van der Waals surface area contributed by atoms with E-state index in [0.29, 0.717) is 36.8 Å². The number of hydrogen-bond donors (Lipinski definition) is 1. The molecule has 1 heterocycles. The summed E-state index contributed by atoms with van der Waals surface area (Å²) in [7, 11) is -4.40. The van der Waals surface area contributed by atoms with Gasteiger partial charge in [0.15, 0.2) is 8.32 Å². The van der Waals surface area contributed by atoms with E-state index in [0.717, 1.165) is 74.5 Å². The zero-order chi connectivity index (χ0) is 35.4. The molecule has 0 aromatic heterocycles. The number of anilines is 1. The number of carbonyl (C=O) groups excluding carboxylic acids is 1. The van der Waals surface area contributed by atoms with Crippen molar-refractivity contribution in [1.82, 2.24) is 0 Å². The van der Waals surface area contributed by atoms with Crippen molar-refractivity contribution in [3.63, 3.8) is 0 Å². The maximum atomic E-state index is 12.7. The number of sulfonamides is 1. The molecule has 3 aliphatic carbocycles. The molecule has 2 aromatic rings. The minimum atomic E-state index is -3.62. The van der Waals surface area contributed by atoms with Crippen molar-refractivity contribution in [1.29, 1.82) is 0 Å². The third-order valence-electron chi connectivity index (χ3n) is 12.6. The molecule has 0 saturated heterocycles. The van der Waals surface area contributed by atoms with Gasteiger partial charge in [0.2, 0.25) is 10.0 Å². The lowest BCUT2D eigenvalue weighted by atomic mass is 9.65. The number of aryl methyl sites for hydroxylation is 1. The molecule has 49 heavy (non-hydrogen) atoms. The largest absolute Gasteiger partial charge is 0.490 e. The van der Waals surface area contributed by atoms with Crippen molar-refractivity contribution < 1.29 is 27.1 Å². The topological polar surface area (TPSA) is 108 Å². The van der Waals surface area contributed by atoms with E-state index in [2.05, 4.69) is 50.9 Å². The van der Waals surface area contributed by atoms with E-state index in [9.17, 15) is 13.2 Å². The van der Waals surface area contributed by atoms with Gasteiger partial charge in [-0.1, -0.05) is 44.9 Å². The number of nitrogens with zero attached hydrogens (tertiary/aromatic N) is 1. The molecule has 11 heteroatoms. The van der Waals surface area contributed by atoms with E-state index in [-0.39, 0.29) is 28.4 Å². The SMILES string of the molecule is COC(=O)c1ccc2c(c1)N(C[C@@H]1CC[C@H]1[C@H](O[Si](C)(C)C(C)(C)C)[C@@H]1CCC[C@@H](S(N)(=O)=O)C1)C[C@@]1(CCCc3cc(Cl)ccc31)CO2. The van der Waals surface area contributed by atoms with E-state index in [1.807, 2.05) is 18.2 Å². The number of primary sulfonamides is 1. The van der Waals surface area contributed by atoms with Crippen LogP contribution in [0.15, 0.2) is 36.4 Å². The predicted molar refractivity (Wildman–Crippen MR) is 199 cm³/mol. The minimum Gasteiger partial charge on any atom is -0.490 e. The van der Waals surface area contributed by atoms with Gasteiger partial charge in [-0.3, -0.25) is 0 Å². The Hall–Kier alpha value is -2.11. The molecule has 4 aliphatic rings. The van der Waals surface area contributed by atoms with Gasteiger partial charge in [0.25, 0.3) is 0 Å². The van der Waals surface area contributed by atoms with Crippen molar-refractivity contribution in [2.45, 2.75) is 113 Å². The minimum absolute atomic E-state index is 0.0213. The second-order valence-corrected chi connectivity index (χ2v) is 23.8. The average molecular weight is 731 g/mol. The number of esters is 1. The third kappa shape index (κ3) is 7.45. The fourth-order valence-electron chi connectivity index (χ4n) is 8.72. The molecular formula is C38H55ClN2O6SSi. The molecule has 270 valence electrons. The summed E-state index contributed by atoms with van der Waals surface area (Å²) in [5, 5.41) is 6.00. The van der Waals surface area contributed by atoms with E-state index >= 15 is 0 Å². The van der Waals surface area contributed by atoms with Crippen LogP contribution in [0.1, 0.15) is 93.6 Å². The fourth-order valence-corrected chi connectivity index (χ4v) is 11.3. The number of fused-ring (bicyclic) bond motifs is 3. The zero-order valence-corrected chi connectivity index (χ0v) is 32.7. The summed E-state index contributed by atoms with van der Waals surface area (Å²) in [5.74, 6) is 1.18. The number of methoxy groups -OCH3 is 1. The van der Waals surface area contributed by atoms with Gasteiger partial charge in [-0.15, -0.1) is 0 Å². The average Bonchev–Trinajstić information content (AvgIpc) is 3.18. The van der Waals surface area contributed by atoms with Crippen LogP contribution in [-0.2, 0) is 31.0 Å². The first-order valence-electron chi connectivity index (χ1n) is 18.1. The maximum Gasteiger partial charge on any atom is 0.337 e. The Bertz CT molecular complexity index is 1660. The van der Waals surface area contributed by atoms with Gasteiger partial charge in [-0.25, -0.2) is 18.4 Å². The van der Waals surface area contributed by atoms with Crippen LogP contribution in [0.2, 0.25) is 23.2 Å².